The first-order chi connectivity index (χ1) is 12.6. The fraction of sp³-hybridized carbons (Fsp3) is 0.409. The van der Waals surface area contributed by atoms with Crippen molar-refractivity contribution in [2.45, 2.75) is 37.8 Å². The molecule has 0 bridgehead atoms. The van der Waals surface area contributed by atoms with Crippen LogP contribution in [0, 0.1) is 12.8 Å². The SMILES string of the molecule is Cc1ccc(OC2CC(N3CC(C(N)=O)C(c4ccccc4)C3)C2)cc1.Cl. The van der Waals surface area contributed by atoms with E-state index in [1.165, 1.54) is 11.1 Å². The number of nitrogens with zero attached hydrogens (tertiary/aromatic N) is 1. The molecule has 2 aromatic rings. The molecule has 1 saturated heterocycles. The monoisotopic (exact) mass is 386 g/mol. The van der Waals surface area contributed by atoms with E-state index in [9.17, 15) is 4.79 Å². The normalized spacial score (nSPS) is 27.4. The molecule has 0 spiro atoms. The van der Waals surface area contributed by atoms with Crippen LogP contribution in [-0.4, -0.2) is 36.0 Å². The summed E-state index contributed by atoms with van der Waals surface area (Å²) < 4.78 is 6.06. The third kappa shape index (κ3) is 4.28. The summed E-state index contributed by atoms with van der Waals surface area (Å²) in [4.78, 5) is 14.4. The molecule has 4 nitrogen and oxygen atoms in total. The van der Waals surface area contributed by atoms with Crippen molar-refractivity contribution < 1.29 is 9.53 Å². The number of hydrogen-bond acceptors (Lipinski definition) is 3. The van der Waals surface area contributed by atoms with Crippen LogP contribution in [0.4, 0.5) is 0 Å². The van der Waals surface area contributed by atoms with E-state index >= 15 is 0 Å². The highest BCUT2D eigenvalue weighted by Crippen LogP contribution is 2.38. The minimum absolute atomic E-state index is 0. The zero-order valence-electron chi connectivity index (χ0n) is 15.6. The van der Waals surface area contributed by atoms with Gasteiger partial charge in [0.15, 0.2) is 0 Å². The summed E-state index contributed by atoms with van der Waals surface area (Å²) in [6.45, 7) is 3.74. The van der Waals surface area contributed by atoms with Gasteiger partial charge in [0, 0.05) is 37.9 Å². The van der Waals surface area contributed by atoms with Gasteiger partial charge in [0.1, 0.15) is 11.9 Å². The van der Waals surface area contributed by atoms with Gasteiger partial charge < -0.3 is 10.5 Å². The molecule has 2 fully saturated rings. The van der Waals surface area contributed by atoms with Crippen LogP contribution < -0.4 is 10.5 Å². The molecule has 2 aromatic carbocycles. The molecule has 1 saturated carbocycles. The number of hydrogen-bond donors (Lipinski definition) is 1. The van der Waals surface area contributed by atoms with E-state index in [1.807, 2.05) is 30.3 Å². The van der Waals surface area contributed by atoms with Gasteiger partial charge in [0.2, 0.25) is 5.91 Å². The van der Waals surface area contributed by atoms with Crippen molar-refractivity contribution in [3.8, 4) is 5.75 Å². The minimum Gasteiger partial charge on any atom is -0.490 e. The molecular formula is C22H27ClN2O2. The number of carbonyl (C=O) groups excluding carboxylic acids is 1. The van der Waals surface area contributed by atoms with Gasteiger partial charge >= 0.3 is 0 Å². The Morgan fingerprint density at radius 3 is 2.33 bits per heavy atom. The Bertz CT molecular complexity index is 760. The van der Waals surface area contributed by atoms with Crippen LogP contribution in [0.2, 0.25) is 0 Å². The minimum atomic E-state index is -0.187. The quantitative estimate of drug-likeness (QED) is 0.855. The first-order valence-corrected chi connectivity index (χ1v) is 9.42. The zero-order valence-corrected chi connectivity index (χ0v) is 16.4. The molecule has 5 heteroatoms. The van der Waals surface area contributed by atoms with Crippen molar-refractivity contribution >= 4 is 18.3 Å². The van der Waals surface area contributed by atoms with Gasteiger partial charge in [-0.2, -0.15) is 0 Å². The molecule has 2 unspecified atom stereocenters. The van der Waals surface area contributed by atoms with Crippen molar-refractivity contribution in [2.75, 3.05) is 13.1 Å². The first kappa shape index (κ1) is 19.7. The van der Waals surface area contributed by atoms with Crippen molar-refractivity contribution in [3.05, 3.63) is 65.7 Å². The Balaban J connectivity index is 0.00000210. The van der Waals surface area contributed by atoms with Gasteiger partial charge in [-0.15, -0.1) is 12.4 Å². The van der Waals surface area contributed by atoms with E-state index in [2.05, 4.69) is 36.1 Å². The number of carbonyl (C=O) groups is 1. The lowest BCUT2D eigenvalue weighted by molar-refractivity contribution is -0.121. The molecular weight excluding hydrogens is 360 g/mol. The molecule has 1 aliphatic carbocycles. The van der Waals surface area contributed by atoms with Gasteiger partial charge in [-0.3, -0.25) is 9.69 Å². The standard InChI is InChI=1S/C22H26N2O2.ClH/c1-15-7-9-18(10-8-15)26-19-11-17(12-19)24-13-20(21(14-24)22(23)25)16-5-3-2-4-6-16;/h2-10,17,19-21H,11-14H2,1H3,(H2,23,25);1H. The highest BCUT2D eigenvalue weighted by molar-refractivity contribution is 5.85. The number of rotatable bonds is 5. The second-order valence-electron chi connectivity index (χ2n) is 7.66. The lowest BCUT2D eigenvalue weighted by atomic mass is 9.87. The molecule has 2 aliphatic rings. The molecule has 0 aromatic heterocycles. The number of aryl methyl sites for hydroxylation is 1. The predicted molar refractivity (Wildman–Crippen MR) is 109 cm³/mol. The zero-order chi connectivity index (χ0) is 18.1. The fourth-order valence-corrected chi connectivity index (χ4v) is 4.20. The van der Waals surface area contributed by atoms with Gasteiger partial charge in [-0.1, -0.05) is 48.0 Å². The maximum atomic E-state index is 12.0. The average Bonchev–Trinajstić information content (AvgIpc) is 3.05. The smallest absolute Gasteiger partial charge is 0.222 e. The van der Waals surface area contributed by atoms with Gasteiger partial charge in [-0.25, -0.2) is 0 Å². The first-order valence-electron chi connectivity index (χ1n) is 9.42. The van der Waals surface area contributed by atoms with Crippen molar-refractivity contribution in [1.82, 2.24) is 4.90 Å². The highest BCUT2D eigenvalue weighted by atomic mass is 35.5. The summed E-state index contributed by atoms with van der Waals surface area (Å²) in [5, 5.41) is 0. The topological polar surface area (TPSA) is 55.6 Å². The summed E-state index contributed by atoms with van der Waals surface area (Å²) in [6, 6.07) is 19.0. The second kappa shape index (κ2) is 8.32. The molecule has 0 radical (unpaired) electrons. The largest absolute Gasteiger partial charge is 0.490 e. The van der Waals surface area contributed by atoms with E-state index < -0.39 is 0 Å². The van der Waals surface area contributed by atoms with E-state index in [-0.39, 0.29) is 36.3 Å². The van der Waals surface area contributed by atoms with Crippen LogP contribution in [0.3, 0.4) is 0 Å². The molecule has 1 aliphatic heterocycles. The average molecular weight is 387 g/mol. The summed E-state index contributed by atoms with van der Waals surface area (Å²) in [5.41, 5.74) is 8.15. The molecule has 2 N–H and O–H groups in total. The van der Waals surface area contributed by atoms with Crippen LogP contribution in [0.15, 0.2) is 54.6 Å². The Labute approximate surface area is 167 Å². The number of halogens is 1. The Morgan fingerprint density at radius 2 is 1.70 bits per heavy atom. The number of amides is 1. The van der Waals surface area contributed by atoms with Crippen LogP contribution in [0.25, 0.3) is 0 Å². The lowest BCUT2D eigenvalue weighted by Gasteiger charge is -2.41. The van der Waals surface area contributed by atoms with E-state index in [1.54, 1.807) is 0 Å². The molecule has 1 heterocycles. The lowest BCUT2D eigenvalue weighted by Crippen LogP contribution is -2.48. The maximum Gasteiger partial charge on any atom is 0.222 e. The Kier molecular flexibility index (Phi) is 6.08. The van der Waals surface area contributed by atoms with Crippen LogP contribution in [0.1, 0.15) is 29.9 Å². The number of likely N-dealkylation sites (tertiary alicyclic amines) is 1. The van der Waals surface area contributed by atoms with Crippen molar-refractivity contribution in [3.63, 3.8) is 0 Å². The Hall–Kier alpha value is -2.04. The van der Waals surface area contributed by atoms with Crippen LogP contribution >= 0.6 is 12.4 Å². The predicted octanol–water partition coefficient (Wildman–Crippen LogP) is 3.53. The number of ether oxygens (including phenoxy) is 1. The number of nitrogens with two attached hydrogens (primary N) is 1. The van der Waals surface area contributed by atoms with E-state index in [0.717, 1.165) is 31.7 Å². The van der Waals surface area contributed by atoms with Crippen LogP contribution in [-0.2, 0) is 4.79 Å². The summed E-state index contributed by atoms with van der Waals surface area (Å²) >= 11 is 0. The van der Waals surface area contributed by atoms with E-state index in [0.29, 0.717) is 6.04 Å². The molecule has 27 heavy (non-hydrogen) atoms. The van der Waals surface area contributed by atoms with Gasteiger partial charge in [-0.05, 0) is 24.6 Å². The van der Waals surface area contributed by atoms with Gasteiger partial charge in [0.05, 0.1) is 5.92 Å². The molecule has 4 rings (SSSR count). The molecule has 1 amide bonds. The third-order valence-corrected chi connectivity index (χ3v) is 5.85. The van der Waals surface area contributed by atoms with Crippen LogP contribution in [0.5, 0.6) is 5.75 Å². The number of benzene rings is 2. The highest BCUT2D eigenvalue weighted by Gasteiger charge is 2.44. The maximum absolute atomic E-state index is 12.0. The fourth-order valence-electron chi connectivity index (χ4n) is 4.20. The van der Waals surface area contributed by atoms with Crippen molar-refractivity contribution in [1.29, 1.82) is 0 Å². The van der Waals surface area contributed by atoms with Gasteiger partial charge in [0.25, 0.3) is 0 Å². The second-order valence-corrected chi connectivity index (χ2v) is 7.66. The Morgan fingerprint density at radius 1 is 1.04 bits per heavy atom. The van der Waals surface area contributed by atoms with Crippen molar-refractivity contribution in [2.24, 2.45) is 11.7 Å². The third-order valence-electron chi connectivity index (χ3n) is 5.85. The number of primary amides is 1. The summed E-state index contributed by atoms with van der Waals surface area (Å²) in [6.07, 6.45) is 2.30. The van der Waals surface area contributed by atoms with E-state index in [4.69, 9.17) is 10.5 Å². The summed E-state index contributed by atoms with van der Waals surface area (Å²) in [7, 11) is 0. The molecule has 2 atom stereocenters. The molecule has 144 valence electrons. The summed E-state index contributed by atoms with van der Waals surface area (Å²) in [5.74, 6) is 0.853.